The van der Waals surface area contributed by atoms with Crippen LogP contribution in [-0.4, -0.2) is 17.6 Å². The van der Waals surface area contributed by atoms with Crippen LogP contribution in [0.25, 0.3) is 0 Å². The summed E-state index contributed by atoms with van der Waals surface area (Å²) in [6.07, 6.45) is 9.26. The fourth-order valence-corrected chi connectivity index (χ4v) is 5.05. The van der Waals surface area contributed by atoms with Gasteiger partial charge >= 0.3 is 0 Å². The van der Waals surface area contributed by atoms with Crippen LogP contribution in [0, 0.1) is 23.7 Å². The molecule has 4 bridgehead atoms. The lowest BCUT2D eigenvalue weighted by atomic mass is 9.54. The van der Waals surface area contributed by atoms with Crippen LogP contribution in [0.1, 0.15) is 39.0 Å². The third-order valence-electron chi connectivity index (χ3n) is 5.59. The van der Waals surface area contributed by atoms with Crippen LogP contribution in [0.2, 0.25) is 0 Å². The van der Waals surface area contributed by atoms with Crippen molar-refractivity contribution in [3.8, 4) is 5.88 Å². The number of ether oxygens (including phenoxy) is 1. The van der Waals surface area contributed by atoms with E-state index >= 15 is 0 Å². The second kappa shape index (κ2) is 4.94. The van der Waals surface area contributed by atoms with Crippen molar-refractivity contribution >= 4 is 5.69 Å². The monoisotopic (exact) mass is 272 g/mol. The van der Waals surface area contributed by atoms with Gasteiger partial charge in [0.15, 0.2) is 0 Å². The predicted octanol–water partition coefficient (Wildman–Crippen LogP) is 3.72. The maximum Gasteiger partial charge on any atom is 0.213 e. The van der Waals surface area contributed by atoms with Crippen molar-refractivity contribution in [3.05, 3.63) is 18.3 Å². The average molecular weight is 272 g/mol. The standard InChI is InChI=1S/C17H24N2O/c1-2-20-16-4-3-15(10-18-16)19-17-13-6-11-5-12(8-13)9-14(17)7-11/h3-4,10-14,17,19H,2,5-9H2,1H3. The Labute approximate surface area is 121 Å². The molecule has 1 heterocycles. The maximum absolute atomic E-state index is 5.41. The van der Waals surface area contributed by atoms with Crippen LogP contribution < -0.4 is 10.1 Å². The molecular formula is C17H24N2O. The summed E-state index contributed by atoms with van der Waals surface area (Å²) >= 11 is 0. The molecule has 108 valence electrons. The first-order valence-corrected chi connectivity index (χ1v) is 8.17. The number of aromatic nitrogens is 1. The maximum atomic E-state index is 5.41. The van der Waals surface area contributed by atoms with Crippen molar-refractivity contribution in [2.75, 3.05) is 11.9 Å². The quantitative estimate of drug-likeness (QED) is 0.907. The summed E-state index contributed by atoms with van der Waals surface area (Å²) < 4.78 is 5.41. The van der Waals surface area contributed by atoms with Crippen LogP contribution in [0.4, 0.5) is 5.69 Å². The summed E-state index contributed by atoms with van der Waals surface area (Å²) in [4.78, 5) is 4.37. The lowest BCUT2D eigenvalue weighted by molar-refractivity contribution is 0.00753. The molecule has 0 unspecified atom stereocenters. The van der Waals surface area contributed by atoms with Gasteiger partial charge in [0.2, 0.25) is 5.88 Å². The van der Waals surface area contributed by atoms with Gasteiger partial charge < -0.3 is 10.1 Å². The minimum absolute atomic E-state index is 0.676. The normalized spacial score (nSPS) is 38.0. The number of pyridine rings is 1. The minimum atomic E-state index is 0.676. The van der Waals surface area contributed by atoms with Gasteiger partial charge in [-0.3, -0.25) is 0 Å². The van der Waals surface area contributed by atoms with E-state index in [1.807, 2.05) is 19.2 Å². The molecule has 0 atom stereocenters. The first kappa shape index (κ1) is 12.5. The predicted molar refractivity (Wildman–Crippen MR) is 79.9 cm³/mol. The summed E-state index contributed by atoms with van der Waals surface area (Å²) in [7, 11) is 0. The highest BCUT2D eigenvalue weighted by atomic mass is 16.5. The Hall–Kier alpha value is -1.25. The molecule has 4 aliphatic carbocycles. The van der Waals surface area contributed by atoms with E-state index in [-0.39, 0.29) is 0 Å². The Balaban J connectivity index is 1.46. The molecule has 3 nitrogen and oxygen atoms in total. The van der Waals surface area contributed by atoms with Gasteiger partial charge in [-0.25, -0.2) is 4.98 Å². The van der Waals surface area contributed by atoms with Crippen molar-refractivity contribution < 1.29 is 4.74 Å². The molecule has 0 aliphatic heterocycles. The molecular weight excluding hydrogens is 248 g/mol. The molecule has 4 fully saturated rings. The number of rotatable bonds is 4. The Bertz CT molecular complexity index is 442. The van der Waals surface area contributed by atoms with E-state index in [0.717, 1.165) is 35.2 Å². The number of hydrogen-bond acceptors (Lipinski definition) is 3. The molecule has 5 rings (SSSR count). The van der Waals surface area contributed by atoms with Gasteiger partial charge in [-0.2, -0.15) is 0 Å². The fourth-order valence-electron chi connectivity index (χ4n) is 5.05. The van der Waals surface area contributed by atoms with Crippen LogP contribution >= 0.6 is 0 Å². The van der Waals surface area contributed by atoms with Crippen LogP contribution in [-0.2, 0) is 0 Å². The summed E-state index contributed by atoms with van der Waals surface area (Å²) in [6.45, 7) is 2.66. The average Bonchev–Trinajstić information content (AvgIpc) is 2.44. The molecule has 1 aromatic rings. The molecule has 4 saturated carbocycles. The number of hydrogen-bond donors (Lipinski definition) is 1. The Morgan fingerprint density at radius 3 is 2.35 bits per heavy atom. The van der Waals surface area contributed by atoms with Gasteiger partial charge in [0, 0.05) is 12.1 Å². The van der Waals surface area contributed by atoms with Crippen molar-refractivity contribution in [2.45, 2.75) is 45.1 Å². The summed E-state index contributed by atoms with van der Waals surface area (Å²) in [6, 6.07) is 4.77. The SMILES string of the molecule is CCOc1ccc(NC2C3CC4CC(C3)CC2C4)cn1. The van der Waals surface area contributed by atoms with E-state index in [1.165, 1.54) is 32.1 Å². The van der Waals surface area contributed by atoms with Gasteiger partial charge in [0.05, 0.1) is 18.5 Å². The lowest BCUT2D eigenvalue weighted by Gasteiger charge is -2.54. The third kappa shape index (κ3) is 2.17. The van der Waals surface area contributed by atoms with Crippen molar-refractivity contribution in [1.29, 1.82) is 0 Å². The van der Waals surface area contributed by atoms with Gasteiger partial charge in [0.25, 0.3) is 0 Å². The summed E-state index contributed by atoms with van der Waals surface area (Å²) in [5, 5.41) is 3.78. The number of anilines is 1. The molecule has 4 aliphatic rings. The largest absolute Gasteiger partial charge is 0.478 e. The van der Waals surface area contributed by atoms with E-state index in [9.17, 15) is 0 Å². The molecule has 1 N–H and O–H groups in total. The van der Waals surface area contributed by atoms with E-state index < -0.39 is 0 Å². The number of nitrogens with zero attached hydrogens (tertiary/aromatic N) is 1. The highest BCUT2D eigenvalue weighted by molar-refractivity contribution is 5.43. The van der Waals surface area contributed by atoms with E-state index in [4.69, 9.17) is 4.74 Å². The molecule has 0 amide bonds. The zero-order valence-electron chi connectivity index (χ0n) is 12.2. The third-order valence-corrected chi connectivity index (χ3v) is 5.59. The highest BCUT2D eigenvalue weighted by Gasteiger charge is 2.48. The topological polar surface area (TPSA) is 34.1 Å². The van der Waals surface area contributed by atoms with Crippen molar-refractivity contribution in [3.63, 3.8) is 0 Å². The van der Waals surface area contributed by atoms with E-state index in [2.05, 4.69) is 16.4 Å². The van der Waals surface area contributed by atoms with Crippen LogP contribution in [0.3, 0.4) is 0 Å². The first-order chi connectivity index (χ1) is 9.81. The van der Waals surface area contributed by atoms with Crippen molar-refractivity contribution in [2.24, 2.45) is 23.7 Å². The zero-order valence-corrected chi connectivity index (χ0v) is 12.2. The molecule has 3 heteroatoms. The van der Waals surface area contributed by atoms with E-state index in [1.54, 1.807) is 0 Å². The second-order valence-electron chi connectivity index (χ2n) is 6.92. The lowest BCUT2D eigenvalue weighted by Crippen LogP contribution is -2.51. The zero-order chi connectivity index (χ0) is 13.5. The second-order valence-corrected chi connectivity index (χ2v) is 6.92. The van der Waals surface area contributed by atoms with E-state index in [0.29, 0.717) is 12.6 Å². The Kier molecular flexibility index (Phi) is 3.08. The molecule has 0 spiro atoms. The van der Waals surface area contributed by atoms with Crippen LogP contribution in [0.5, 0.6) is 5.88 Å². The summed E-state index contributed by atoms with van der Waals surface area (Å²) in [5.74, 6) is 4.60. The fraction of sp³-hybridized carbons (Fsp3) is 0.706. The molecule has 0 aromatic carbocycles. The Morgan fingerprint density at radius 2 is 1.80 bits per heavy atom. The first-order valence-electron chi connectivity index (χ1n) is 8.17. The van der Waals surface area contributed by atoms with Gasteiger partial charge in [-0.1, -0.05) is 0 Å². The molecule has 1 aromatic heterocycles. The van der Waals surface area contributed by atoms with Gasteiger partial charge in [0.1, 0.15) is 0 Å². The Morgan fingerprint density at radius 1 is 1.10 bits per heavy atom. The van der Waals surface area contributed by atoms with Gasteiger partial charge in [-0.15, -0.1) is 0 Å². The smallest absolute Gasteiger partial charge is 0.213 e. The summed E-state index contributed by atoms with van der Waals surface area (Å²) in [5.41, 5.74) is 1.16. The number of nitrogens with one attached hydrogen (secondary N) is 1. The minimum Gasteiger partial charge on any atom is -0.478 e. The van der Waals surface area contributed by atoms with Crippen molar-refractivity contribution in [1.82, 2.24) is 4.98 Å². The van der Waals surface area contributed by atoms with Gasteiger partial charge in [-0.05, 0) is 68.8 Å². The van der Waals surface area contributed by atoms with Crippen LogP contribution in [0.15, 0.2) is 18.3 Å². The molecule has 0 radical (unpaired) electrons. The highest BCUT2D eigenvalue weighted by Crippen LogP contribution is 2.54. The molecule has 0 saturated heterocycles. The molecule has 20 heavy (non-hydrogen) atoms.